The van der Waals surface area contributed by atoms with Gasteiger partial charge in [0.2, 0.25) is 5.78 Å². The number of allylic oxidation sites excluding steroid dienone is 2. The molecule has 0 spiro atoms. The number of rotatable bonds is 2. The highest BCUT2D eigenvalue weighted by atomic mass is 79.9. The molecule has 0 fully saturated rings. The number of aliphatic hydroxyl groups excluding tert-OH is 2. The van der Waals surface area contributed by atoms with Crippen molar-refractivity contribution in [3.63, 3.8) is 0 Å². The van der Waals surface area contributed by atoms with Crippen LogP contribution in [0.15, 0.2) is 63.9 Å². The van der Waals surface area contributed by atoms with Crippen LogP contribution in [0.25, 0.3) is 16.9 Å². The summed E-state index contributed by atoms with van der Waals surface area (Å²) < 4.78 is 25.9. The molecule has 14 nitrogen and oxygen atoms in total. The van der Waals surface area contributed by atoms with Gasteiger partial charge in [0.1, 0.15) is 40.3 Å². The van der Waals surface area contributed by atoms with Crippen LogP contribution in [-0.4, -0.2) is 91.2 Å². The smallest absolute Gasteiger partial charge is 0.312 e. The molecule has 4 heterocycles. The Balaban J connectivity index is 1.56. The quantitative estimate of drug-likeness (QED) is 0.261. The van der Waals surface area contributed by atoms with E-state index in [0.29, 0.717) is 10.1 Å². The van der Waals surface area contributed by atoms with Crippen molar-refractivity contribution in [3.05, 3.63) is 81.3 Å². The van der Waals surface area contributed by atoms with Crippen LogP contribution in [0.2, 0.25) is 0 Å². The van der Waals surface area contributed by atoms with E-state index in [0.717, 1.165) is 0 Å². The van der Waals surface area contributed by atoms with E-state index in [-0.39, 0.29) is 50.7 Å². The third kappa shape index (κ3) is 7.26. The molecule has 5 bridgehead atoms. The number of ether oxygens (including phenoxy) is 4. The number of aromatic hydroxyl groups is 1. The summed E-state index contributed by atoms with van der Waals surface area (Å²) in [5.41, 5.74) is 0.240. The molecule has 3 N–H and O–H groups in total. The molecule has 1 amide bonds. The van der Waals surface area contributed by atoms with Crippen LogP contribution >= 0.6 is 15.9 Å². The zero-order chi connectivity index (χ0) is 41.8. The number of hydrogen-bond acceptors (Lipinski definition) is 12. The fourth-order valence-corrected chi connectivity index (χ4v) is 8.16. The minimum Gasteiger partial charge on any atom is -0.507 e. The molecular formula is C42H46BrN3O11. The van der Waals surface area contributed by atoms with Gasteiger partial charge in [-0.05, 0) is 48.0 Å². The second-order valence-electron chi connectivity index (χ2n) is 15.2. The van der Waals surface area contributed by atoms with Crippen molar-refractivity contribution >= 4 is 50.7 Å². The standard InChI is InChI=1S/C42H46BrN3O11/c1-18-11-10-12-19(2)41(53)45-32-33-31(44-27-14-13-25(43)17-46(27)33)28-29(37(32)51)36(50)23(6)39-30(28)40(52)42(8,57-39)55-16-15-26(54-9)20(3)38(56-24(7)47)22(5)35(49)21(4)34(18)48/h10-18,20-22,26,34-35,38,48-50H,1-9H3/b11-10+,16-15+,19-12-,45-32?. The molecule has 0 saturated carbocycles. The zero-order valence-electron chi connectivity index (χ0n) is 33.1. The van der Waals surface area contributed by atoms with Crippen LogP contribution in [0.3, 0.4) is 0 Å². The fourth-order valence-electron chi connectivity index (χ4n) is 7.83. The Bertz CT molecular complexity index is 2310. The first-order chi connectivity index (χ1) is 26.8. The van der Waals surface area contributed by atoms with Crippen molar-refractivity contribution in [1.29, 1.82) is 0 Å². The highest BCUT2D eigenvalue weighted by Crippen LogP contribution is 2.52. The molecule has 6 rings (SSSR count). The number of amides is 1. The number of fused-ring (bicyclic) bond motifs is 6. The van der Waals surface area contributed by atoms with Gasteiger partial charge in [-0.2, -0.15) is 0 Å². The number of aliphatic hydroxyl groups is 2. The Hall–Kier alpha value is -4.96. The van der Waals surface area contributed by atoms with E-state index in [2.05, 4.69) is 20.9 Å². The van der Waals surface area contributed by atoms with E-state index in [1.807, 2.05) is 0 Å². The number of phenols is 1. The first-order valence-electron chi connectivity index (χ1n) is 18.6. The lowest BCUT2D eigenvalue weighted by atomic mass is 9.78. The number of aliphatic imine (C=N–C) groups is 1. The average molecular weight is 849 g/mol. The molecule has 9 unspecified atom stereocenters. The second-order valence-corrected chi connectivity index (χ2v) is 16.1. The molecule has 2 aromatic heterocycles. The van der Waals surface area contributed by atoms with Crippen molar-refractivity contribution in [2.24, 2.45) is 28.7 Å². The summed E-state index contributed by atoms with van der Waals surface area (Å²) in [5, 5.41) is 34.5. The first kappa shape index (κ1) is 41.7. The first-order valence-corrected chi connectivity index (χ1v) is 19.4. The Morgan fingerprint density at radius 2 is 1.68 bits per heavy atom. The van der Waals surface area contributed by atoms with Crippen LogP contribution in [0, 0.1) is 30.6 Å². The third-order valence-electron chi connectivity index (χ3n) is 11.2. The maximum atomic E-state index is 14.6. The monoisotopic (exact) mass is 847 g/mol. The summed E-state index contributed by atoms with van der Waals surface area (Å²) in [4.78, 5) is 64.2. The molecule has 302 valence electrons. The van der Waals surface area contributed by atoms with Gasteiger partial charge in [-0.25, -0.2) is 9.98 Å². The summed E-state index contributed by atoms with van der Waals surface area (Å²) >= 11 is 3.46. The predicted octanol–water partition coefficient (Wildman–Crippen LogP) is 5.84. The van der Waals surface area contributed by atoms with E-state index in [9.17, 15) is 34.5 Å². The third-order valence-corrected chi connectivity index (χ3v) is 11.7. The number of ketones is 2. The van der Waals surface area contributed by atoms with Gasteiger partial charge in [-0.15, -0.1) is 0 Å². The SMILES string of the molecule is COC1/C=C/OC2(C)Oc3c(C)c(O)c4c(c3C2=O)-c2nc3ccc(Br)cn3c2C(=NC(=O)/C(C)=C\C=C\C(C)C(O)C(C)C(O)C(C)C(OC(C)=O)C1C)C4=O. The van der Waals surface area contributed by atoms with Crippen LogP contribution in [0.4, 0.5) is 0 Å². The number of carbonyl (C=O) groups is 4. The van der Waals surface area contributed by atoms with Crippen LogP contribution in [0.5, 0.6) is 11.5 Å². The molecule has 3 aliphatic rings. The van der Waals surface area contributed by atoms with Crippen molar-refractivity contribution in [2.75, 3.05) is 7.11 Å². The number of halogens is 1. The summed E-state index contributed by atoms with van der Waals surface area (Å²) in [6, 6.07) is 3.42. The van der Waals surface area contributed by atoms with Gasteiger partial charge in [0, 0.05) is 72.0 Å². The highest BCUT2D eigenvalue weighted by Gasteiger charge is 2.52. The highest BCUT2D eigenvalue weighted by molar-refractivity contribution is 9.10. The van der Waals surface area contributed by atoms with E-state index in [1.165, 1.54) is 53.2 Å². The van der Waals surface area contributed by atoms with Crippen LogP contribution in [-0.2, 0) is 23.8 Å². The van der Waals surface area contributed by atoms with Gasteiger partial charge in [-0.3, -0.25) is 23.6 Å². The normalized spacial score (nSPS) is 31.5. The van der Waals surface area contributed by atoms with Crippen molar-refractivity contribution in [2.45, 2.75) is 85.6 Å². The average Bonchev–Trinajstić information content (AvgIpc) is 3.67. The van der Waals surface area contributed by atoms with Gasteiger partial charge < -0.3 is 34.3 Å². The lowest BCUT2D eigenvalue weighted by Crippen LogP contribution is -2.46. The molecule has 1 aliphatic carbocycles. The van der Waals surface area contributed by atoms with Crippen LogP contribution < -0.4 is 4.74 Å². The lowest BCUT2D eigenvalue weighted by Gasteiger charge is -2.38. The summed E-state index contributed by atoms with van der Waals surface area (Å²) in [6.45, 7) is 12.6. The van der Waals surface area contributed by atoms with Crippen LogP contribution in [0.1, 0.15) is 80.4 Å². The number of Topliss-reactive ketones (excluding diaryl/α,β-unsaturated/α-hetero) is 2. The second kappa shape index (κ2) is 15.8. The number of pyridine rings is 1. The van der Waals surface area contributed by atoms with Gasteiger partial charge >= 0.3 is 11.8 Å². The minimum atomic E-state index is -1.99. The number of phenolic OH excluding ortho intramolecular Hbond substituents is 1. The molecule has 9 atom stereocenters. The molecule has 3 aromatic rings. The Labute approximate surface area is 338 Å². The number of aromatic nitrogens is 2. The predicted molar refractivity (Wildman–Crippen MR) is 212 cm³/mol. The molecule has 0 radical (unpaired) electrons. The summed E-state index contributed by atoms with van der Waals surface area (Å²) in [6.07, 6.45) is 5.30. The van der Waals surface area contributed by atoms with Crippen molar-refractivity contribution in [3.8, 4) is 22.8 Å². The zero-order valence-corrected chi connectivity index (χ0v) is 34.7. The molecule has 15 heteroatoms. The molecular weight excluding hydrogens is 802 g/mol. The summed E-state index contributed by atoms with van der Waals surface area (Å²) in [5.74, 6) is -7.75. The van der Waals surface area contributed by atoms with Crippen molar-refractivity contribution < 1.29 is 53.4 Å². The van der Waals surface area contributed by atoms with E-state index >= 15 is 0 Å². The molecule has 1 aromatic carbocycles. The Kier molecular flexibility index (Phi) is 11.5. The fraction of sp³-hybridized carbons (Fsp3) is 0.429. The maximum absolute atomic E-state index is 14.6. The molecule has 57 heavy (non-hydrogen) atoms. The summed E-state index contributed by atoms with van der Waals surface area (Å²) in [7, 11) is 1.45. The lowest BCUT2D eigenvalue weighted by molar-refractivity contribution is -0.160. The van der Waals surface area contributed by atoms with Gasteiger partial charge in [0.05, 0.1) is 35.7 Å². The van der Waals surface area contributed by atoms with E-state index in [1.54, 1.807) is 62.6 Å². The maximum Gasteiger partial charge on any atom is 0.312 e. The number of carbonyl (C=O) groups excluding carboxylic acids is 4. The number of nitrogens with zero attached hydrogens (tertiary/aromatic N) is 3. The van der Waals surface area contributed by atoms with Crippen molar-refractivity contribution in [1.82, 2.24) is 9.38 Å². The topological polar surface area (TPSA) is 196 Å². The molecule has 0 saturated heterocycles. The number of imidazole rings is 1. The molecule has 2 aliphatic heterocycles. The number of esters is 1. The number of methoxy groups -OCH3 is 1. The minimum absolute atomic E-state index is 0.00668. The Morgan fingerprint density at radius 1 is 0.982 bits per heavy atom. The van der Waals surface area contributed by atoms with E-state index < -0.39 is 83.1 Å². The Morgan fingerprint density at radius 3 is 2.35 bits per heavy atom. The number of benzene rings is 1. The van der Waals surface area contributed by atoms with E-state index in [4.69, 9.17) is 23.9 Å². The number of hydrogen-bond donors (Lipinski definition) is 3. The largest absolute Gasteiger partial charge is 0.507 e. The van der Waals surface area contributed by atoms with Gasteiger partial charge in [0.15, 0.2) is 0 Å². The van der Waals surface area contributed by atoms with Gasteiger partial charge in [0.25, 0.3) is 11.7 Å². The van der Waals surface area contributed by atoms with Gasteiger partial charge in [-0.1, -0.05) is 45.9 Å².